The van der Waals surface area contributed by atoms with Gasteiger partial charge in [-0.3, -0.25) is 9.35 Å². The molecule has 2 heterocycles. The van der Waals surface area contributed by atoms with Crippen LogP contribution in [0.1, 0.15) is 70.6 Å². The molecule has 224 valence electrons. The van der Waals surface area contributed by atoms with Crippen molar-refractivity contribution in [3.05, 3.63) is 95.2 Å². The van der Waals surface area contributed by atoms with Crippen LogP contribution in [0.4, 0.5) is 11.4 Å². The van der Waals surface area contributed by atoms with E-state index in [1.54, 1.807) is 0 Å². The summed E-state index contributed by atoms with van der Waals surface area (Å²) in [6, 6.07) is 14.7. The minimum Gasteiger partial charge on any atom is -0.481 e. The van der Waals surface area contributed by atoms with E-state index in [9.17, 15) is 13.2 Å². The summed E-state index contributed by atoms with van der Waals surface area (Å²) in [7, 11) is -4.00. The number of benzene rings is 2. The van der Waals surface area contributed by atoms with Crippen molar-refractivity contribution in [1.29, 1.82) is 0 Å². The normalized spacial score (nSPS) is 18.4. The van der Waals surface area contributed by atoms with E-state index in [-0.39, 0.29) is 23.0 Å². The number of fused-ring (bicyclic) bond motifs is 2. The van der Waals surface area contributed by atoms with Gasteiger partial charge in [0.05, 0.1) is 11.2 Å². The number of nitrogens with zero attached hydrogens (tertiary/aromatic N) is 2. The van der Waals surface area contributed by atoms with E-state index in [4.69, 9.17) is 9.66 Å². The molecule has 0 aromatic heterocycles. The molecular weight excluding hydrogens is 548 g/mol. The summed E-state index contributed by atoms with van der Waals surface area (Å²) in [6.45, 7) is 12.5. The number of rotatable bonds is 12. The molecule has 0 fully saturated rings. The predicted molar refractivity (Wildman–Crippen MR) is 170 cm³/mol. The second-order valence-corrected chi connectivity index (χ2v) is 13.7. The summed E-state index contributed by atoms with van der Waals surface area (Å²) in [5.41, 5.74) is 7.64. The molecule has 2 N–H and O–H groups in total. The quantitative estimate of drug-likeness (QED) is 0.126. The number of hydrogen-bond acceptors (Lipinski definition) is 4. The number of aliphatic carboxylic acids is 1. The van der Waals surface area contributed by atoms with Gasteiger partial charge >= 0.3 is 5.97 Å². The van der Waals surface area contributed by atoms with Crippen LogP contribution in [0.25, 0.3) is 0 Å². The third kappa shape index (κ3) is 6.60. The molecule has 0 bridgehead atoms. The highest BCUT2D eigenvalue weighted by Gasteiger charge is 2.44. The lowest BCUT2D eigenvalue weighted by atomic mass is 9.80. The summed E-state index contributed by atoms with van der Waals surface area (Å²) in [6.07, 6.45) is 12.0. The van der Waals surface area contributed by atoms with Gasteiger partial charge in [0.25, 0.3) is 10.1 Å². The Kier molecular flexibility index (Phi) is 9.28. The van der Waals surface area contributed by atoms with E-state index in [1.807, 2.05) is 24.3 Å². The Labute approximate surface area is 250 Å². The molecular formula is C34H43N2O5S+. The third-order valence-electron chi connectivity index (χ3n) is 8.46. The molecule has 0 amide bonds. The molecule has 0 atom stereocenters. The Morgan fingerprint density at radius 1 is 0.976 bits per heavy atom. The second kappa shape index (κ2) is 12.4. The lowest BCUT2D eigenvalue weighted by molar-refractivity contribution is -0.438. The Hall–Kier alpha value is -3.49. The van der Waals surface area contributed by atoms with Crippen molar-refractivity contribution in [2.24, 2.45) is 0 Å². The van der Waals surface area contributed by atoms with Gasteiger partial charge in [-0.1, -0.05) is 56.3 Å². The zero-order valence-corrected chi connectivity index (χ0v) is 26.1. The number of para-hydroxylation sites is 1. The predicted octanol–water partition coefficient (Wildman–Crippen LogP) is 6.56. The Morgan fingerprint density at radius 3 is 2.40 bits per heavy atom. The number of likely N-dealkylation sites (N-methyl/N-ethyl adjacent to an activating group) is 1. The molecule has 2 aromatic rings. The number of carboxylic acids is 1. The lowest BCUT2D eigenvalue weighted by Gasteiger charge is -2.25. The highest BCUT2D eigenvalue weighted by Crippen LogP contribution is 2.47. The van der Waals surface area contributed by atoms with Crippen molar-refractivity contribution >= 4 is 33.2 Å². The van der Waals surface area contributed by atoms with Crippen molar-refractivity contribution < 1.29 is 27.4 Å². The van der Waals surface area contributed by atoms with Crippen LogP contribution in [0.2, 0.25) is 0 Å². The third-order valence-corrected chi connectivity index (χ3v) is 9.27. The van der Waals surface area contributed by atoms with Gasteiger partial charge in [0.15, 0.2) is 5.71 Å². The first-order valence-corrected chi connectivity index (χ1v) is 16.3. The zero-order chi connectivity index (χ0) is 30.7. The molecule has 7 nitrogen and oxygen atoms in total. The highest BCUT2D eigenvalue weighted by atomic mass is 32.2. The molecule has 0 spiro atoms. The maximum atomic E-state index is 11.3. The van der Waals surface area contributed by atoms with Gasteiger partial charge in [0.1, 0.15) is 6.54 Å². The van der Waals surface area contributed by atoms with Crippen LogP contribution in [0, 0.1) is 0 Å². The molecule has 0 saturated heterocycles. The monoisotopic (exact) mass is 591 g/mol. The Bertz CT molecular complexity index is 1580. The lowest BCUT2D eigenvalue weighted by Crippen LogP contribution is -2.28. The summed E-state index contributed by atoms with van der Waals surface area (Å²) in [5.74, 6) is -1.08. The number of unbranched alkanes of at least 4 members (excludes halogenated alkanes) is 1. The van der Waals surface area contributed by atoms with Crippen LogP contribution in [-0.2, 0) is 32.2 Å². The van der Waals surface area contributed by atoms with Gasteiger partial charge in [0, 0.05) is 53.9 Å². The van der Waals surface area contributed by atoms with E-state index in [0.717, 1.165) is 29.1 Å². The van der Waals surface area contributed by atoms with E-state index < -0.39 is 16.1 Å². The van der Waals surface area contributed by atoms with Crippen molar-refractivity contribution in [2.75, 3.05) is 23.7 Å². The van der Waals surface area contributed by atoms with Gasteiger partial charge in [-0.15, -0.1) is 0 Å². The molecule has 2 aromatic carbocycles. The van der Waals surface area contributed by atoms with Gasteiger partial charge in [-0.05, 0) is 62.9 Å². The van der Waals surface area contributed by atoms with E-state index in [1.165, 1.54) is 16.9 Å². The Balaban J connectivity index is 1.61. The smallest absolute Gasteiger partial charge is 0.303 e. The first-order valence-electron chi connectivity index (χ1n) is 14.6. The van der Waals surface area contributed by atoms with Crippen LogP contribution < -0.4 is 4.90 Å². The van der Waals surface area contributed by atoms with E-state index >= 15 is 0 Å². The highest BCUT2D eigenvalue weighted by molar-refractivity contribution is 7.85. The fourth-order valence-corrected chi connectivity index (χ4v) is 6.83. The maximum absolute atomic E-state index is 11.3. The summed E-state index contributed by atoms with van der Waals surface area (Å²) in [4.78, 5) is 13.5. The number of carboxylic acid groups (broad SMARTS) is 1. The first-order chi connectivity index (χ1) is 19.8. The van der Waals surface area contributed by atoms with Crippen LogP contribution in [-0.4, -0.2) is 53.2 Å². The minimum atomic E-state index is -4.00. The molecule has 0 saturated carbocycles. The molecule has 42 heavy (non-hydrogen) atoms. The van der Waals surface area contributed by atoms with Crippen LogP contribution in [0.5, 0.6) is 0 Å². The zero-order valence-electron chi connectivity index (χ0n) is 25.3. The summed E-state index contributed by atoms with van der Waals surface area (Å²) < 4.78 is 33.9. The van der Waals surface area contributed by atoms with Crippen LogP contribution in [0.3, 0.4) is 0 Å². The summed E-state index contributed by atoms with van der Waals surface area (Å²) >= 11 is 0. The fraction of sp³-hybridized carbons (Fsp3) is 0.412. The summed E-state index contributed by atoms with van der Waals surface area (Å²) in [5, 5.41) is 9.15. The van der Waals surface area contributed by atoms with E-state index in [2.05, 4.69) is 92.7 Å². The minimum absolute atomic E-state index is 0.0761. The average Bonchev–Trinajstić information content (AvgIpc) is 3.27. The number of allylic oxidation sites excluding steroid dienone is 6. The maximum Gasteiger partial charge on any atom is 0.303 e. The number of hydrogen-bond donors (Lipinski definition) is 2. The fourth-order valence-electron chi connectivity index (χ4n) is 6.26. The van der Waals surface area contributed by atoms with Crippen molar-refractivity contribution in [3.8, 4) is 0 Å². The van der Waals surface area contributed by atoms with Crippen molar-refractivity contribution in [1.82, 2.24) is 0 Å². The molecule has 0 aliphatic carbocycles. The SMILES string of the molecule is CCN1/C(=C/C=C/C=C/C2=[N+](CCCCS(=O)(=O)O)c3ccc(CCC(=O)O)cc3C2(C)C)C(C)(C)c2ccccc21. The standard InChI is InChI=1S/C34H42N2O5S/c1-6-35-28-15-11-10-14-26(28)33(2,3)30(35)16-8-7-9-17-31-34(4,5)27-24-25(19-21-32(37)38)18-20-29(27)36(31)22-12-13-23-42(39,40)41/h7-11,14-18,20,24H,6,12-13,19,21-23H2,1-5H3,(H-,37,38,39,40,41)/p+1. The van der Waals surface area contributed by atoms with Gasteiger partial charge in [-0.2, -0.15) is 13.0 Å². The van der Waals surface area contributed by atoms with E-state index in [0.29, 0.717) is 25.8 Å². The second-order valence-electron chi connectivity index (χ2n) is 12.1. The average molecular weight is 592 g/mol. The number of anilines is 1. The molecule has 2 aliphatic rings. The van der Waals surface area contributed by atoms with Gasteiger partial charge in [-0.25, -0.2) is 0 Å². The molecule has 8 heteroatoms. The van der Waals surface area contributed by atoms with Crippen molar-refractivity contribution in [3.63, 3.8) is 0 Å². The van der Waals surface area contributed by atoms with Gasteiger partial charge in [0.2, 0.25) is 5.69 Å². The topological polar surface area (TPSA) is 97.9 Å². The van der Waals surface area contributed by atoms with Crippen LogP contribution in [0.15, 0.2) is 78.5 Å². The van der Waals surface area contributed by atoms with Crippen molar-refractivity contribution in [2.45, 2.75) is 71.1 Å². The molecule has 0 unspecified atom stereocenters. The largest absolute Gasteiger partial charge is 0.481 e. The molecule has 2 aliphatic heterocycles. The van der Waals surface area contributed by atoms with Crippen LogP contribution >= 0.6 is 0 Å². The Morgan fingerprint density at radius 2 is 1.71 bits per heavy atom. The van der Waals surface area contributed by atoms with Gasteiger partial charge < -0.3 is 10.0 Å². The molecule has 0 radical (unpaired) electrons. The molecule has 4 rings (SSSR count). The first kappa shape index (κ1) is 31.4. The number of aryl methyl sites for hydroxylation is 1. The number of carbonyl (C=O) groups is 1.